The number of rotatable bonds is 3. The van der Waals surface area contributed by atoms with Gasteiger partial charge in [-0.2, -0.15) is 0 Å². The summed E-state index contributed by atoms with van der Waals surface area (Å²) >= 11 is 0. The van der Waals surface area contributed by atoms with Gasteiger partial charge < -0.3 is 10.2 Å². The van der Waals surface area contributed by atoms with Crippen LogP contribution in [0.2, 0.25) is 0 Å². The van der Waals surface area contributed by atoms with E-state index in [9.17, 15) is 4.39 Å². The normalized spacial score (nSPS) is 23.4. The molecule has 2 atom stereocenters. The fraction of sp³-hybridized carbons (Fsp3) is 0.400. The molecule has 0 amide bonds. The van der Waals surface area contributed by atoms with E-state index in [1.54, 1.807) is 18.4 Å². The molecule has 2 unspecified atom stereocenters. The summed E-state index contributed by atoms with van der Waals surface area (Å²) in [7, 11) is 0. The number of hydrogen-bond acceptors (Lipinski definition) is 4. The first kappa shape index (κ1) is 13.3. The fourth-order valence-corrected chi connectivity index (χ4v) is 2.56. The van der Waals surface area contributed by atoms with Crippen LogP contribution in [0.1, 0.15) is 12.6 Å². The molecule has 4 nitrogen and oxygen atoms in total. The first-order chi connectivity index (χ1) is 9.61. The Balaban J connectivity index is 1.69. The first-order valence-electron chi connectivity index (χ1n) is 6.80. The largest absolute Gasteiger partial charge is 0.444 e. The molecule has 1 aromatic carbocycles. The lowest BCUT2D eigenvalue weighted by molar-refractivity contribution is 0.314. The Bertz CT molecular complexity index is 571. The monoisotopic (exact) mass is 275 g/mol. The highest BCUT2D eigenvalue weighted by Crippen LogP contribution is 2.21. The van der Waals surface area contributed by atoms with Gasteiger partial charge in [0.15, 0.2) is 0 Å². The van der Waals surface area contributed by atoms with E-state index in [0.29, 0.717) is 11.8 Å². The van der Waals surface area contributed by atoms with Crippen molar-refractivity contribution in [1.29, 1.82) is 0 Å². The summed E-state index contributed by atoms with van der Waals surface area (Å²) in [6.45, 7) is 4.78. The zero-order valence-electron chi connectivity index (χ0n) is 11.4. The van der Waals surface area contributed by atoms with Crippen molar-refractivity contribution in [2.75, 3.05) is 13.1 Å². The van der Waals surface area contributed by atoms with E-state index in [1.807, 2.05) is 0 Å². The van der Waals surface area contributed by atoms with Crippen LogP contribution in [0.5, 0.6) is 0 Å². The standard InChI is InChI=1S/C15H18FN3O/c1-10-6-19(8-14(10)17)7-13-9-20-15(18-13)11-2-4-12(16)5-3-11/h2-5,9-10,14H,6-8,17H2,1H3. The average Bonchev–Trinajstić information content (AvgIpc) is 2.99. The maximum Gasteiger partial charge on any atom is 0.226 e. The number of oxazole rings is 1. The molecule has 20 heavy (non-hydrogen) atoms. The second-order valence-corrected chi connectivity index (χ2v) is 5.49. The molecule has 2 N–H and O–H groups in total. The molecular weight excluding hydrogens is 257 g/mol. The van der Waals surface area contributed by atoms with Crippen LogP contribution >= 0.6 is 0 Å². The third-order valence-corrected chi connectivity index (χ3v) is 3.77. The summed E-state index contributed by atoms with van der Waals surface area (Å²) in [6.07, 6.45) is 1.66. The van der Waals surface area contributed by atoms with Gasteiger partial charge in [-0.15, -0.1) is 0 Å². The molecule has 2 aromatic rings. The highest BCUT2D eigenvalue weighted by molar-refractivity contribution is 5.52. The fourth-order valence-electron chi connectivity index (χ4n) is 2.56. The quantitative estimate of drug-likeness (QED) is 0.933. The average molecular weight is 275 g/mol. The molecule has 1 aliphatic heterocycles. The van der Waals surface area contributed by atoms with Crippen molar-refractivity contribution in [1.82, 2.24) is 9.88 Å². The summed E-state index contributed by atoms with van der Waals surface area (Å²) in [4.78, 5) is 6.73. The predicted octanol–water partition coefficient (Wildman–Crippen LogP) is 2.26. The first-order valence-corrected chi connectivity index (χ1v) is 6.80. The van der Waals surface area contributed by atoms with Gasteiger partial charge in [-0.3, -0.25) is 4.90 Å². The Kier molecular flexibility index (Phi) is 3.54. The molecular formula is C15H18FN3O. The van der Waals surface area contributed by atoms with Gasteiger partial charge in [-0.1, -0.05) is 6.92 Å². The van der Waals surface area contributed by atoms with E-state index in [1.165, 1.54) is 12.1 Å². The summed E-state index contributed by atoms with van der Waals surface area (Å²) in [6, 6.07) is 6.37. The zero-order valence-corrected chi connectivity index (χ0v) is 11.4. The number of nitrogens with two attached hydrogens (primary N) is 1. The molecule has 1 aliphatic rings. The molecule has 0 spiro atoms. The van der Waals surface area contributed by atoms with Crippen LogP contribution in [0.25, 0.3) is 11.5 Å². The summed E-state index contributed by atoms with van der Waals surface area (Å²) in [5.74, 6) is 0.774. The Labute approximate surface area is 117 Å². The molecule has 1 saturated heterocycles. The van der Waals surface area contributed by atoms with Gasteiger partial charge in [0, 0.05) is 31.2 Å². The van der Waals surface area contributed by atoms with Gasteiger partial charge in [-0.05, 0) is 30.2 Å². The van der Waals surface area contributed by atoms with Crippen LogP contribution in [0.3, 0.4) is 0 Å². The lowest BCUT2D eigenvalue weighted by Crippen LogP contribution is -2.28. The van der Waals surface area contributed by atoms with Gasteiger partial charge in [0.2, 0.25) is 5.89 Å². The van der Waals surface area contributed by atoms with Gasteiger partial charge in [-0.25, -0.2) is 9.37 Å². The lowest BCUT2D eigenvalue weighted by atomic mass is 10.1. The molecule has 1 fully saturated rings. The van der Waals surface area contributed by atoms with E-state index in [0.717, 1.165) is 30.9 Å². The van der Waals surface area contributed by atoms with Crippen molar-refractivity contribution in [2.45, 2.75) is 19.5 Å². The van der Waals surface area contributed by atoms with Crippen LogP contribution in [0.15, 0.2) is 34.9 Å². The van der Waals surface area contributed by atoms with Crippen molar-refractivity contribution in [3.05, 3.63) is 42.0 Å². The van der Waals surface area contributed by atoms with Crippen LogP contribution in [-0.4, -0.2) is 29.0 Å². The minimum Gasteiger partial charge on any atom is -0.444 e. The maximum atomic E-state index is 12.9. The Hall–Kier alpha value is -1.72. The topological polar surface area (TPSA) is 55.3 Å². The van der Waals surface area contributed by atoms with E-state index in [2.05, 4.69) is 16.8 Å². The van der Waals surface area contributed by atoms with E-state index in [4.69, 9.17) is 10.2 Å². The number of likely N-dealkylation sites (tertiary alicyclic amines) is 1. The Morgan fingerprint density at radius 3 is 2.75 bits per heavy atom. The number of nitrogens with zero attached hydrogens (tertiary/aromatic N) is 2. The van der Waals surface area contributed by atoms with Crippen molar-refractivity contribution in [3.63, 3.8) is 0 Å². The minimum absolute atomic E-state index is 0.235. The molecule has 0 aliphatic carbocycles. The van der Waals surface area contributed by atoms with Crippen LogP contribution in [-0.2, 0) is 6.54 Å². The molecule has 0 radical (unpaired) electrons. The summed E-state index contributed by atoms with van der Waals surface area (Å²) in [5, 5.41) is 0. The van der Waals surface area contributed by atoms with Crippen molar-refractivity contribution < 1.29 is 8.81 Å². The molecule has 106 valence electrons. The highest BCUT2D eigenvalue weighted by atomic mass is 19.1. The molecule has 1 aromatic heterocycles. The highest BCUT2D eigenvalue weighted by Gasteiger charge is 2.26. The smallest absolute Gasteiger partial charge is 0.226 e. The number of aromatic nitrogens is 1. The SMILES string of the molecule is CC1CN(Cc2coc(-c3ccc(F)cc3)n2)CC1N. The van der Waals surface area contributed by atoms with E-state index < -0.39 is 0 Å². The Morgan fingerprint density at radius 1 is 1.35 bits per heavy atom. The van der Waals surface area contributed by atoms with Crippen molar-refractivity contribution in [2.24, 2.45) is 11.7 Å². The summed E-state index contributed by atoms with van der Waals surface area (Å²) < 4.78 is 18.3. The molecule has 3 rings (SSSR count). The van der Waals surface area contributed by atoms with E-state index >= 15 is 0 Å². The van der Waals surface area contributed by atoms with Crippen LogP contribution < -0.4 is 5.73 Å². The van der Waals surface area contributed by atoms with Crippen LogP contribution in [0.4, 0.5) is 4.39 Å². The third kappa shape index (κ3) is 2.73. The van der Waals surface area contributed by atoms with Gasteiger partial charge in [0.05, 0.1) is 5.69 Å². The molecule has 5 heteroatoms. The second kappa shape index (κ2) is 5.34. The second-order valence-electron chi connectivity index (χ2n) is 5.49. The maximum absolute atomic E-state index is 12.9. The van der Waals surface area contributed by atoms with Crippen molar-refractivity contribution >= 4 is 0 Å². The van der Waals surface area contributed by atoms with Gasteiger partial charge in [0.25, 0.3) is 0 Å². The van der Waals surface area contributed by atoms with Gasteiger partial charge in [0.1, 0.15) is 12.1 Å². The van der Waals surface area contributed by atoms with E-state index in [-0.39, 0.29) is 11.9 Å². The number of halogens is 1. The zero-order chi connectivity index (χ0) is 14.1. The molecule has 2 heterocycles. The Morgan fingerprint density at radius 2 is 2.10 bits per heavy atom. The van der Waals surface area contributed by atoms with Crippen molar-refractivity contribution in [3.8, 4) is 11.5 Å². The van der Waals surface area contributed by atoms with Gasteiger partial charge >= 0.3 is 0 Å². The molecule has 0 saturated carbocycles. The third-order valence-electron chi connectivity index (χ3n) is 3.77. The predicted molar refractivity (Wildman–Crippen MR) is 74.3 cm³/mol. The number of hydrogen-bond donors (Lipinski definition) is 1. The molecule has 0 bridgehead atoms. The lowest BCUT2D eigenvalue weighted by Gasteiger charge is -2.12. The van der Waals surface area contributed by atoms with Crippen LogP contribution in [0, 0.1) is 11.7 Å². The number of benzene rings is 1. The minimum atomic E-state index is -0.263. The summed E-state index contributed by atoms with van der Waals surface area (Å²) in [5.41, 5.74) is 7.67.